The lowest BCUT2D eigenvalue weighted by Crippen LogP contribution is -2.37. The van der Waals surface area contributed by atoms with Gasteiger partial charge >= 0.3 is 0 Å². The second-order valence-electron chi connectivity index (χ2n) is 7.98. The summed E-state index contributed by atoms with van der Waals surface area (Å²) in [6.45, 7) is 2.02. The molecular weight excluding hydrogens is 464 g/mol. The van der Waals surface area contributed by atoms with E-state index in [2.05, 4.69) is 0 Å². The molecule has 1 aliphatic heterocycles. The van der Waals surface area contributed by atoms with Gasteiger partial charge in [-0.2, -0.15) is 10.1 Å². The fourth-order valence-electron chi connectivity index (χ4n) is 3.80. The van der Waals surface area contributed by atoms with Crippen molar-refractivity contribution in [2.24, 2.45) is 0 Å². The topological polar surface area (TPSA) is 59.8 Å². The molecule has 1 aromatic heterocycles. The first-order chi connectivity index (χ1) is 17.0. The Morgan fingerprint density at radius 2 is 1.71 bits per heavy atom. The van der Waals surface area contributed by atoms with E-state index in [9.17, 15) is 4.79 Å². The number of benzene rings is 3. The van der Waals surface area contributed by atoms with Crippen molar-refractivity contribution >= 4 is 29.0 Å². The molecule has 176 valence electrons. The molecule has 0 N–H and O–H groups in total. The number of hydrazine groups is 1. The zero-order valence-electron chi connectivity index (χ0n) is 19.3. The Morgan fingerprint density at radius 1 is 1.00 bits per heavy atom. The number of aromatic nitrogens is 2. The van der Waals surface area contributed by atoms with E-state index in [0.29, 0.717) is 23.0 Å². The van der Waals surface area contributed by atoms with Crippen molar-refractivity contribution in [2.75, 3.05) is 12.3 Å². The summed E-state index contributed by atoms with van der Waals surface area (Å²) in [6.07, 6.45) is 1.67. The zero-order valence-corrected chi connectivity index (χ0v) is 20.0. The van der Waals surface area contributed by atoms with Crippen LogP contribution in [0.25, 0.3) is 17.0 Å². The summed E-state index contributed by atoms with van der Waals surface area (Å²) >= 11 is 6.05. The van der Waals surface area contributed by atoms with Crippen molar-refractivity contribution in [3.05, 3.63) is 107 Å². The minimum atomic E-state index is -0.195. The number of methoxy groups -OCH3 is 1. The first kappa shape index (κ1) is 22.6. The van der Waals surface area contributed by atoms with E-state index in [1.165, 1.54) is 17.1 Å². The highest BCUT2D eigenvalue weighted by atomic mass is 35.5. The molecule has 5 rings (SSSR count). The van der Waals surface area contributed by atoms with E-state index < -0.39 is 0 Å². The lowest BCUT2D eigenvalue weighted by atomic mass is 10.1. The van der Waals surface area contributed by atoms with Gasteiger partial charge in [-0.1, -0.05) is 41.9 Å². The molecule has 0 radical (unpaired) electrons. The number of rotatable bonds is 6. The second-order valence-corrected chi connectivity index (χ2v) is 8.42. The summed E-state index contributed by atoms with van der Waals surface area (Å²) in [5.41, 5.74) is 4.22. The lowest BCUT2D eigenvalue weighted by molar-refractivity contribution is -0.129. The van der Waals surface area contributed by atoms with Crippen LogP contribution in [0.15, 0.2) is 91.1 Å². The highest BCUT2D eigenvalue weighted by Crippen LogP contribution is 2.33. The molecule has 1 amide bonds. The van der Waals surface area contributed by atoms with Crippen LogP contribution in [0.1, 0.15) is 18.2 Å². The maximum Gasteiger partial charge on any atom is 0.244 e. The average Bonchev–Trinajstić information content (AvgIpc) is 3.50. The Balaban J connectivity index is 1.54. The maximum atomic E-state index is 12.4. The van der Waals surface area contributed by atoms with Crippen molar-refractivity contribution in [1.29, 1.82) is 0 Å². The smallest absolute Gasteiger partial charge is 0.244 e. The number of hydrogen-bond acceptors (Lipinski definition) is 5. The van der Waals surface area contributed by atoms with Gasteiger partial charge in [-0.15, -0.1) is 5.17 Å². The van der Waals surface area contributed by atoms with Gasteiger partial charge < -0.3 is 9.57 Å². The van der Waals surface area contributed by atoms with Crippen LogP contribution in [-0.2, 0) is 16.2 Å². The normalized spacial score (nSPS) is 12.9. The van der Waals surface area contributed by atoms with Crippen LogP contribution >= 0.6 is 11.6 Å². The van der Waals surface area contributed by atoms with E-state index in [4.69, 9.17) is 26.3 Å². The van der Waals surface area contributed by atoms with E-state index in [1.54, 1.807) is 37.6 Å². The SMILES string of the molecule is COc1ccc(-c2cc(C3=CN(C(C)=O)N(c4ccc(Cl)cc4)O3)n(Cc3ccccc3)n2)cc1. The number of carbonyl (C=O) groups is 1. The molecule has 0 atom stereocenters. The standard InChI is InChI=1S/C27H23ClN4O3/c1-19(33)31-18-27(35-32(31)23-12-10-22(28)11-13-23)26-16-25(21-8-14-24(34-2)15-9-21)29-30(26)17-20-6-4-3-5-7-20/h3-16,18H,17H2,1-2H3. The van der Waals surface area contributed by atoms with E-state index in [1.807, 2.05) is 65.3 Å². The molecule has 0 aliphatic carbocycles. The molecule has 2 heterocycles. The zero-order chi connectivity index (χ0) is 24.4. The number of carbonyl (C=O) groups excluding carboxylic acids is 1. The number of anilines is 1. The lowest BCUT2D eigenvalue weighted by Gasteiger charge is -2.25. The van der Waals surface area contributed by atoms with Gasteiger partial charge in [-0.05, 0) is 60.2 Å². The van der Waals surface area contributed by atoms with Crippen molar-refractivity contribution in [3.63, 3.8) is 0 Å². The maximum absolute atomic E-state index is 12.4. The second kappa shape index (κ2) is 9.56. The summed E-state index contributed by atoms with van der Waals surface area (Å²) in [5, 5.41) is 8.34. The molecule has 7 nitrogen and oxygen atoms in total. The van der Waals surface area contributed by atoms with Gasteiger partial charge in [0, 0.05) is 17.5 Å². The Bertz CT molecular complexity index is 1370. The summed E-state index contributed by atoms with van der Waals surface area (Å²) in [7, 11) is 1.64. The molecule has 0 bridgehead atoms. The monoisotopic (exact) mass is 486 g/mol. The Kier molecular flexibility index (Phi) is 6.16. The van der Waals surface area contributed by atoms with Crippen molar-refractivity contribution < 1.29 is 14.4 Å². The molecule has 0 unspecified atom stereocenters. The average molecular weight is 487 g/mol. The summed E-state index contributed by atoms with van der Waals surface area (Å²) in [5.74, 6) is 1.08. The first-order valence-electron chi connectivity index (χ1n) is 11.0. The van der Waals surface area contributed by atoms with Gasteiger partial charge in [-0.25, -0.2) is 0 Å². The molecule has 4 aromatic rings. The molecule has 1 aliphatic rings. The predicted octanol–water partition coefficient (Wildman–Crippen LogP) is 5.77. The highest BCUT2D eigenvalue weighted by molar-refractivity contribution is 6.30. The summed E-state index contributed by atoms with van der Waals surface area (Å²) in [4.78, 5) is 18.6. The third-order valence-corrected chi connectivity index (χ3v) is 5.84. The van der Waals surface area contributed by atoms with Gasteiger partial charge in [-0.3, -0.25) is 9.48 Å². The van der Waals surface area contributed by atoms with Gasteiger partial charge in [0.2, 0.25) is 11.7 Å². The summed E-state index contributed by atoms with van der Waals surface area (Å²) < 4.78 is 7.16. The molecule has 35 heavy (non-hydrogen) atoms. The molecule has 0 spiro atoms. The van der Waals surface area contributed by atoms with E-state index >= 15 is 0 Å². The van der Waals surface area contributed by atoms with Crippen LogP contribution in [0.3, 0.4) is 0 Å². The van der Waals surface area contributed by atoms with Gasteiger partial charge in [0.15, 0.2) is 0 Å². The van der Waals surface area contributed by atoms with E-state index in [0.717, 1.165) is 28.3 Å². The molecule has 3 aromatic carbocycles. The van der Waals surface area contributed by atoms with Gasteiger partial charge in [0.1, 0.15) is 17.1 Å². The third kappa shape index (κ3) is 4.72. The molecule has 0 saturated carbocycles. The largest absolute Gasteiger partial charge is 0.497 e. The molecule has 0 fully saturated rings. The Morgan fingerprint density at radius 3 is 2.37 bits per heavy atom. The van der Waals surface area contributed by atoms with Crippen molar-refractivity contribution in [3.8, 4) is 17.0 Å². The number of nitrogens with zero attached hydrogens (tertiary/aromatic N) is 4. The quantitative estimate of drug-likeness (QED) is 0.346. The fourth-order valence-corrected chi connectivity index (χ4v) is 3.92. The van der Waals surface area contributed by atoms with Crippen LogP contribution in [0, 0.1) is 0 Å². The van der Waals surface area contributed by atoms with Crippen LogP contribution < -0.4 is 9.91 Å². The number of ether oxygens (including phenoxy) is 1. The van der Waals surface area contributed by atoms with Crippen LogP contribution in [0.2, 0.25) is 5.02 Å². The summed E-state index contributed by atoms with van der Waals surface area (Å²) in [6, 6.07) is 26.8. The van der Waals surface area contributed by atoms with E-state index in [-0.39, 0.29) is 5.91 Å². The minimum Gasteiger partial charge on any atom is -0.497 e. The molecule has 8 heteroatoms. The predicted molar refractivity (Wildman–Crippen MR) is 135 cm³/mol. The Hall–Kier alpha value is -4.23. The third-order valence-electron chi connectivity index (χ3n) is 5.58. The van der Waals surface area contributed by atoms with Gasteiger partial charge in [0.25, 0.3) is 0 Å². The fraction of sp³-hybridized carbons (Fsp3) is 0.111. The number of amides is 1. The first-order valence-corrected chi connectivity index (χ1v) is 11.4. The van der Waals surface area contributed by atoms with Crippen LogP contribution in [-0.4, -0.2) is 27.8 Å². The molecule has 0 saturated heterocycles. The van der Waals surface area contributed by atoms with Crippen molar-refractivity contribution in [1.82, 2.24) is 14.8 Å². The van der Waals surface area contributed by atoms with Crippen LogP contribution in [0.4, 0.5) is 5.69 Å². The minimum absolute atomic E-state index is 0.195. The highest BCUT2D eigenvalue weighted by Gasteiger charge is 2.31. The number of halogens is 1. The number of hydrogen-bond donors (Lipinski definition) is 0. The van der Waals surface area contributed by atoms with Gasteiger partial charge in [0.05, 0.1) is 25.5 Å². The van der Waals surface area contributed by atoms with Crippen LogP contribution in [0.5, 0.6) is 5.75 Å². The Labute approximate surface area is 208 Å². The molecular formula is C27H23ClN4O3. The van der Waals surface area contributed by atoms with Crippen molar-refractivity contribution in [2.45, 2.75) is 13.5 Å².